The molecule has 0 unspecified atom stereocenters. The highest BCUT2D eigenvalue weighted by atomic mass is 16.6. The summed E-state index contributed by atoms with van der Waals surface area (Å²) in [5.74, 6) is 1.01. The van der Waals surface area contributed by atoms with Crippen LogP contribution < -0.4 is 9.47 Å². The molecule has 0 amide bonds. The molecule has 0 saturated carbocycles. The average Bonchev–Trinajstić information content (AvgIpc) is 2.52. The first-order valence-corrected chi connectivity index (χ1v) is 9.07. The second kappa shape index (κ2) is 10.2. The van der Waals surface area contributed by atoms with Crippen LogP contribution in [-0.2, 0) is 6.54 Å². The molecule has 0 aliphatic rings. The fourth-order valence-corrected chi connectivity index (χ4v) is 2.74. The van der Waals surface area contributed by atoms with E-state index in [0.717, 1.165) is 12.8 Å². The van der Waals surface area contributed by atoms with Gasteiger partial charge in [0, 0.05) is 0 Å². The number of hydrogen-bond acceptors (Lipinski definition) is 4. The first-order chi connectivity index (χ1) is 11.8. The standard InChI is InChI=1S/C19H33N2O4/c1-6-7-8-9-10-11-12-25-19-14-17(20(22)23)16(13-18(19)24-5)15-21(2,3)4/h13-14H,6-12,15H2,1-5H3/q+1. The molecule has 1 rings (SSSR count). The Kier molecular flexibility index (Phi) is 8.69. The molecule has 0 spiro atoms. The summed E-state index contributed by atoms with van der Waals surface area (Å²) in [4.78, 5) is 11.1. The first-order valence-electron chi connectivity index (χ1n) is 9.07. The van der Waals surface area contributed by atoms with Gasteiger partial charge in [-0.25, -0.2) is 0 Å². The number of methoxy groups -OCH3 is 1. The summed E-state index contributed by atoms with van der Waals surface area (Å²) in [5, 5.41) is 11.4. The second-order valence-electron chi connectivity index (χ2n) is 7.45. The molecule has 0 bridgehead atoms. The molecule has 0 N–H and O–H groups in total. The van der Waals surface area contributed by atoms with Crippen molar-refractivity contribution in [2.75, 3.05) is 34.9 Å². The number of unbranched alkanes of at least 4 members (excludes halogenated alkanes) is 5. The van der Waals surface area contributed by atoms with Crippen LogP contribution in [0.4, 0.5) is 5.69 Å². The summed E-state index contributed by atoms with van der Waals surface area (Å²) >= 11 is 0. The molecule has 1 aromatic carbocycles. The Morgan fingerprint density at radius 2 is 1.68 bits per heavy atom. The van der Waals surface area contributed by atoms with Crippen LogP contribution >= 0.6 is 0 Å². The molecule has 0 aromatic heterocycles. The monoisotopic (exact) mass is 353 g/mol. The van der Waals surface area contributed by atoms with E-state index in [4.69, 9.17) is 9.47 Å². The normalized spacial score (nSPS) is 11.4. The van der Waals surface area contributed by atoms with Crippen LogP contribution in [0.25, 0.3) is 0 Å². The third-order valence-corrected chi connectivity index (χ3v) is 3.96. The maximum atomic E-state index is 11.4. The van der Waals surface area contributed by atoms with Crippen LogP contribution in [-0.4, -0.2) is 44.3 Å². The van der Waals surface area contributed by atoms with Crippen LogP contribution in [0.15, 0.2) is 12.1 Å². The lowest BCUT2D eigenvalue weighted by Crippen LogP contribution is -2.33. The predicted molar refractivity (Wildman–Crippen MR) is 100 cm³/mol. The quantitative estimate of drug-likeness (QED) is 0.239. The Balaban J connectivity index is 2.78. The molecule has 0 saturated heterocycles. The highest BCUT2D eigenvalue weighted by Crippen LogP contribution is 2.35. The average molecular weight is 353 g/mol. The molecule has 1 aromatic rings. The highest BCUT2D eigenvalue weighted by molar-refractivity contribution is 5.54. The second-order valence-corrected chi connectivity index (χ2v) is 7.45. The van der Waals surface area contributed by atoms with Gasteiger partial charge < -0.3 is 14.0 Å². The SMILES string of the molecule is CCCCCCCCOc1cc([N+](=O)[O-])c(C[N+](C)(C)C)cc1OC. The highest BCUT2D eigenvalue weighted by Gasteiger charge is 2.24. The van der Waals surface area contributed by atoms with Crippen molar-refractivity contribution in [3.05, 3.63) is 27.8 Å². The summed E-state index contributed by atoms with van der Waals surface area (Å²) < 4.78 is 11.8. The fourth-order valence-electron chi connectivity index (χ4n) is 2.74. The van der Waals surface area contributed by atoms with E-state index < -0.39 is 0 Å². The van der Waals surface area contributed by atoms with Gasteiger partial charge in [-0.1, -0.05) is 39.0 Å². The third-order valence-electron chi connectivity index (χ3n) is 3.96. The third kappa shape index (κ3) is 7.73. The van der Waals surface area contributed by atoms with Crippen molar-refractivity contribution in [2.45, 2.75) is 52.0 Å². The van der Waals surface area contributed by atoms with Crippen LogP contribution in [0.2, 0.25) is 0 Å². The van der Waals surface area contributed by atoms with Crippen molar-refractivity contribution in [1.82, 2.24) is 0 Å². The van der Waals surface area contributed by atoms with Crippen LogP contribution in [0.3, 0.4) is 0 Å². The summed E-state index contributed by atoms with van der Waals surface area (Å²) in [6.07, 6.45) is 7.03. The molecule has 0 radical (unpaired) electrons. The Labute approximate surface area is 151 Å². The van der Waals surface area contributed by atoms with Gasteiger partial charge in [0.25, 0.3) is 5.69 Å². The molecule has 0 aliphatic carbocycles. The van der Waals surface area contributed by atoms with E-state index >= 15 is 0 Å². The van der Waals surface area contributed by atoms with Crippen molar-refractivity contribution < 1.29 is 18.9 Å². The van der Waals surface area contributed by atoms with E-state index in [0.29, 0.717) is 34.7 Å². The number of nitro benzene ring substituents is 1. The number of hydrogen-bond donors (Lipinski definition) is 0. The summed E-state index contributed by atoms with van der Waals surface area (Å²) in [7, 11) is 7.56. The largest absolute Gasteiger partial charge is 0.493 e. The van der Waals surface area contributed by atoms with Gasteiger partial charge in [0.2, 0.25) is 0 Å². The topological polar surface area (TPSA) is 61.6 Å². The lowest BCUT2D eigenvalue weighted by Gasteiger charge is -2.24. The summed E-state index contributed by atoms with van der Waals surface area (Å²) in [6.45, 7) is 3.29. The van der Waals surface area contributed by atoms with E-state index in [1.165, 1.54) is 31.7 Å². The smallest absolute Gasteiger partial charge is 0.282 e. The zero-order valence-electron chi connectivity index (χ0n) is 16.3. The van der Waals surface area contributed by atoms with Crippen molar-refractivity contribution in [1.29, 1.82) is 0 Å². The van der Waals surface area contributed by atoms with Gasteiger partial charge >= 0.3 is 0 Å². The van der Waals surface area contributed by atoms with Gasteiger partial charge in [0.15, 0.2) is 11.5 Å². The molecule has 142 valence electrons. The van der Waals surface area contributed by atoms with E-state index in [2.05, 4.69) is 6.92 Å². The Bertz CT molecular complexity index is 553. The van der Waals surface area contributed by atoms with E-state index in [-0.39, 0.29) is 10.6 Å². The Morgan fingerprint density at radius 1 is 1.04 bits per heavy atom. The fraction of sp³-hybridized carbons (Fsp3) is 0.684. The molecule has 6 heteroatoms. The lowest BCUT2D eigenvalue weighted by atomic mass is 10.1. The van der Waals surface area contributed by atoms with Crippen molar-refractivity contribution in [3.63, 3.8) is 0 Å². The minimum Gasteiger partial charge on any atom is -0.493 e. The molecule has 0 aliphatic heterocycles. The van der Waals surface area contributed by atoms with Gasteiger partial charge in [0.1, 0.15) is 6.54 Å². The van der Waals surface area contributed by atoms with Crippen molar-refractivity contribution >= 4 is 5.69 Å². The number of quaternary nitrogens is 1. The van der Waals surface area contributed by atoms with Crippen molar-refractivity contribution in [2.24, 2.45) is 0 Å². The molecular formula is C19H33N2O4+. The molecule has 25 heavy (non-hydrogen) atoms. The number of nitro groups is 1. The first kappa shape index (κ1) is 21.2. The van der Waals surface area contributed by atoms with E-state index in [1.807, 2.05) is 21.1 Å². The van der Waals surface area contributed by atoms with Crippen LogP contribution in [0.1, 0.15) is 51.0 Å². The van der Waals surface area contributed by atoms with E-state index in [1.54, 1.807) is 13.2 Å². The number of benzene rings is 1. The summed E-state index contributed by atoms with van der Waals surface area (Å²) in [5.41, 5.74) is 0.744. The van der Waals surface area contributed by atoms with Crippen LogP contribution in [0.5, 0.6) is 11.5 Å². The maximum Gasteiger partial charge on any atom is 0.282 e. The zero-order chi connectivity index (χ0) is 18.9. The minimum absolute atomic E-state index is 0.0896. The van der Waals surface area contributed by atoms with Gasteiger partial charge in [-0.2, -0.15) is 0 Å². The van der Waals surface area contributed by atoms with Gasteiger partial charge in [-0.3, -0.25) is 10.1 Å². The van der Waals surface area contributed by atoms with Gasteiger partial charge in [-0.05, 0) is 12.5 Å². The van der Waals surface area contributed by atoms with E-state index in [9.17, 15) is 10.1 Å². The predicted octanol–water partition coefficient (Wildman–Crippen LogP) is 4.55. The molecule has 0 heterocycles. The maximum absolute atomic E-state index is 11.4. The van der Waals surface area contributed by atoms with Crippen molar-refractivity contribution in [3.8, 4) is 11.5 Å². The van der Waals surface area contributed by atoms with Gasteiger partial charge in [-0.15, -0.1) is 0 Å². The Morgan fingerprint density at radius 3 is 2.24 bits per heavy atom. The number of rotatable bonds is 12. The summed E-state index contributed by atoms with van der Waals surface area (Å²) in [6, 6.07) is 3.24. The van der Waals surface area contributed by atoms with Gasteiger partial charge in [0.05, 0.1) is 51.4 Å². The number of ether oxygens (including phenoxy) is 2. The molecule has 0 atom stereocenters. The lowest BCUT2D eigenvalue weighted by molar-refractivity contribution is -0.884. The molecular weight excluding hydrogens is 320 g/mol. The number of nitrogens with zero attached hydrogens (tertiary/aromatic N) is 2. The van der Waals surface area contributed by atoms with Crippen LogP contribution in [0, 0.1) is 10.1 Å². The Hall–Kier alpha value is -1.82. The minimum atomic E-state index is -0.345. The zero-order valence-corrected chi connectivity index (χ0v) is 16.3. The molecule has 6 nitrogen and oxygen atoms in total. The molecule has 0 fully saturated rings.